The van der Waals surface area contributed by atoms with E-state index in [4.69, 9.17) is 14.2 Å². The minimum atomic E-state index is 0.641. The molecule has 0 radical (unpaired) electrons. The van der Waals surface area contributed by atoms with Crippen LogP contribution in [0.5, 0.6) is 11.5 Å². The Hall–Kier alpha value is -1.95. The number of ether oxygens (including phenoxy) is 3. The van der Waals surface area contributed by atoms with E-state index >= 15 is 0 Å². The van der Waals surface area contributed by atoms with Crippen molar-refractivity contribution in [3.63, 3.8) is 0 Å². The summed E-state index contributed by atoms with van der Waals surface area (Å²) in [7, 11) is 3.43. The third-order valence-corrected chi connectivity index (χ3v) is 3.55. The molecule has 0 aliphatic heterocycles. The van der Waals surface area contributed by atoms with E-state index in [1.54, 1.807) is 14.2 Å². The molecule has 142 valence electrons. The summed E-state index contributed by atoms with van der Waals surface area (Å²) in [6.45, 7) is 6.11. The van der Waals surface area contributed by atoms with Crippen LogP contribution in [-0.4, -0.2) is 53.0 Å². The second-order valence-corrected chi connectivity index (χ2v) is 5.63. The maximum absolute atomic E-state index is 5.71. The molecule has 0 amide bonds. The van der Waals surface area contributed by atoms with Crippen molar-refractivity contribution < 1.29 is 14.2 Å². The number of rotatable bonds is 13. The van der Waals surface area contributed by atoms with Gasteiger partial charge in [-0.15, -0.1) is 0 Å². The van der Waals surface area contributed by atoms with Crippen molar-refractivity contribution >= 4 is 5.96 Å². The topological polar surface area (TPSA) is 64.1 Å². The summed E-state index contributed by atoms with van der Waals surface area (Å²) in [5.41, 5.74) is 0. The highest BCUT2D eigenvalue weighted by molar-refractivity contribution is 5.79. The molecule has 0 saturated carbocycles. The van der Waals surface area contributed by atoms with E-state index in [0.717, 1.165) is 63.0 Å². The molecular weight excluding hydrogens is 318 g/mol. The molecule has 0 unspecified atom stereocenters. The van der Waals surface area contributed by atoms with Crippen LogP contribution in [0.25, 0.3) is 0 Å². The molecule has 25 heavy (non-hydrogen) atoms. The molecule has 0 aliphatic carbocycles. The van der Waals surface area contributed by atoms with Gasteiger partial charge in [0.1, 0.15) is 11.5 Å². The van der Waals surface area contributed by atoms with Crippen LogP contribution in [0.4, 0.5) is 0 Å². The minimum Gasteiger partial charge on any atom is -0.497 e. The molecule has 0 saturated heterocycles. The number of aliphatic imine (C=N–C) groups is 1. The van der Waals surface area contributed by atoms with Crippen molar-refractivity contribution in [2.45, 2.75) is 32.6 Å². The van der Waals surface area contributed by atoms with Crippen LogP contribution in [0.1, 0.15) is 32.6 Å². The van der Waals surface area contributed by atoms with E-state index in [-0.39, 0.29) is 0 Å². The third-order valence-electron chi connectivity index (χ3n) is 3.55. The summed E-state index contributed by atoms with van der Waals surface area (Å²) < 4.78 is 16.4. The highest BCUT2D eigenvalue weighted by atomic mass is 16.5. The summed E-state index contributed by atoms with van der Waals surface area (Å²) >= 11 is 0. The first kappa shape index (κ1) is 21.1. The van der Waals surface area contributed by atoms with Crippen LogP contribution in [0.3, 0.4) is 0 Å². The molecule has 6 heteroatoms. The minimum absolute atomic E-state index is 0.641. The van der Waals surface area contributed by atoms with Gasteiger partial charge in [-0.25, -0.2) is 0 Å². The Morgan fingerprint density at radius 1 is 1.00 bits per heavy atom. The zero-order valence-electron chi connectivity index (χ0n) is 15.8. The molecule has 0 aromatic heterocycles. The molecule has 0 atom stereocenters. The smallest absolute Gasteiger partial charge is 0.190 e. The van der Waals surface area contributed by atoms with Gasteiger partial charge in [-0.2, -0.15) is 0 Å². The lowest BCUT2D eigenvalue weighted by Gasteiger charge is -2.12. The molecule has 1 aromatic carbocycles. The van der Waals surface area contributed by atoms with E-state index in [2.05, 4.69) is 22.5 Å². The van der Waals surface area contributed by atoms with Crippen molar-refractivity contribution in [3.8, 4) is 11.5 Å². The largest absolute Gasteiger partial charge is 0.497 e. The number of methoxy groups -OCH3 is 1. The molecule has 0 spiro atoms. The Bertz CT molecular complexity index is 481. The number of unbranched alkanes of at least 4 members (excludes halogenated alkanes) is 1. The molecule has 6 nitrogen and oxygen atoms in total. The zero-order chi connectivity index (χ0) is 18.2. The maximum atomic E-state index is 5.71. The Balaban J connectivity index is 2.05. The van der Waals surface area contributed by atoms with Gasteiger partial charge in [-0.05, 0) is 31.4 Å². The third kappa shape index (κ3) is 10.5. The van der Waals surface area contributed by atoms with Gasteiger partial charge in [0.15, 0.2) is 5.96 Å². The summed E-state index contributed by atoms with van der Waals surface area (Å²) in [6.07, 6.45) is 4.17. The Morgan fingerprint density at radius 3 is 2.36 bits per heavy atom. The Labute approximate surface area is 152 Å². The van der Waals surface area contributed by atoms with Crippen LogP contribution < -0.4 is 20.1 Å². The molecule has 0 aliphatic rings. The molecule has 0 bridgehead atoms. The quantitative estimate of drug-likeness (QED) is 0.325. The summed E-state index contributed by atoms with van der Waals surface area (Å²) in [4.78, 5) is 4.21. The fourth-order valence-electron chi connectivity index (χ4n) is 2.11. The maximum Gasteiger partial charge on any atom is 0.190 e. The van der Waals surface area contributed by atoms with Crippen molar-refractivity contribution in [1.82, 2.24) is 10.6 Å². The first-order valence-electron chi connectivity index (χ1n) is 9.09. The number of hydrogen-bond donors (Lipinski definition) is 2. The van der Waals surface area contributed by atoms with E-state index in [9.17, 15) is 0 Å². The SMILES string of the molecule is CCCCOCCCNC(=NC)NCCCOc1cccc(OC)c1. The van der Waals surface area contributed by atoms with Crippen LogP contribution in [0.2, 0.25) is 0 Å². The lowest BCUT2D eigenvalue weighted by atomic mass is 10.3. The normalized spacial score (nSPS) is 11.2. The number of guanidine groups is 1. The summed E-state index contributed by atoms with van der Waals surface area (Å²) in [5.74, 6) is 2.44. The highest BCUT2D eigenvalue weighted by Crippen LogP contribution is 2.18. The van der Waals surface area contributed by atoms with E-state index in [1.165, 1.54) is 6.42 Å². The first-order valence-corrected chi connectivity index (χ1v) is 9.09. The fourth-order valence-corrected chi connectivity index (χ4v) is 2.11. The van der Waals surface area contributed by atoms with Crippen LogP contribution in [-0.2, 0) is 4.74 Å². The highest BCUT2D eigenvalue weighted by Gasteiger charge is 1.99. The monoisotopic (exact) mass is 351 g/mol. The molecular formula is C19H33N3O3. The van der Waals surface area contributed by atoms with Gasteiger partial charge in [0.05, 0.1) is 13.7 Å². The van der Waals surface area contributed by atoms with E-state index in [1.807, 2.05) is 24.3 Å². The standard InChI is InChI=1S/C19H33N3O3/c1-4-5-13-24-14-7-11-21-19(20-2)22-12-8-15-25-18-10-6-9-17(16-18)23-3/h6,9-10,16H,4-5,7-8,11-15H2,1-3H3,(H2,20,21,22). The summed E-state index contributed by atoms with van der Waals surface area (Å²) in [5, 5.41) is 6.57. The number of nitrogens with zero attached hydrogens (tertiary/aromatic N) is 1. The second-order valence-electron chi connectivity index (χ2n) is 5.63. The molecule has 0 fully saturated rings. The molecule has 0 heterocycles. The van der Waals surface area contributed by atoms with Crippen molar-refractivity contribution in [2.24, 2.45) is 4.99 Å². The first-order chi connectivity index (χ1) is 12.3. The van der Waals surface area contributed by atoms with Gasteiger partial charge in [-0.3, -0.25) is 4.99 Å². The van der Waals surface area contributed by atoms with Crippen LogP contribution >= 0.6 is 0 Å². The van der Waals surface area contributed by atoms with Gasteiger partial charge in [0.2, 0.25) is 0 Å². The average molecular weight is 351 g/mol. The van der Waals surface area contributed by atoms with Gasteiger partial charge < -0.3 is 24.8 Å². The lowest BCUT2D eigenvalue weighted by Crippen LogP contribution is -2.38. The predicted molar refractivity (Wildman–Crippen MR) is 103 cm³/mol. The van der Waals surface area contributed by atoms with Crippen molar-refractivity contribution in [3.05, 3.63) is 24.3 Å². The molecule has 2 N–H and O–H groups in total. The fraction of sp³-hybridized carbons (Fsp3) is 0.632. The van der Waals surface area contributed by atoms with Crippen LogP contribution in [0, 0.1) is 0 Å². The Kier molecular flexibility index (Phi) is 12.1. The van der Waals surface area contributed by atoms with Crippen molar-refractivity contribution in [1.29, 1.82) is 0 Å². The zero-order valence-corrected chi connectivity index (χ0v) is 15.8. The summed E-state index contributed by atoms with van der Waals surface area (Å²) in [6, 6.07) is 7.64. The molecule has 1 aromatic rings. The predicted octanol–water partition coefficient (Wildman–Crippen LogP) is 2.84. The number of nitrogens with one attached hydrogen (secondary N) is 2. The van der Waals surface area contributed by atoms with Gasteiger partial charge in [0.25, 0.3) is 0 Å². The van der Waals surface area contributed by atoms with Gasteiger partial charge in [0, 0.05) is 39.4 Å². The number of benzene rings is 1. The lowest BCUT2D eigenvalue weighted by molar-refractivity contribution is 0.129. The van der Waals surface area contributed by atoms with E-state index in [0.29, 0.717) is 6.61 Å². The van der Waals surface area contributed by atoms with Gasteiger partial charge in [-0.1, -0.05) is 19.4 Å². The second kappa shape index (κ2) is 14.4. The average Bonchev–Trinajstić information content (AvgIpc) is 2.65. The molecule has 1 rings (SSSR count). The van der Waals surface area contributed by atoms with Gasteiger partial charge >= 0.3 is 0 Å². The van der Waals surface area contributed by atoms with Crippen LogP contribution in [0.15, 0.2) is 29.3 Å². The Morgan fingerprint density at radius 2 is 1.68 bits per heavy atom. The van der Waals surface area contributed by atoms with Crippen molar-refractivity contribution in [2.75, 3.05) is 47.1 Å². The number of hydrogen-bond acceptors (Lipinski definition) is 4. The van der Waals surface area contributed by atoms with E-state index < -0.39 is 0 Å².